The van der Waals surface area contributed by atoms with Crippen LogP contribution in [0, 0.1) is 6.42 Å². The van der Waals surface area contributed by atoms with E-state index in [1.807, 2.05) is 4.81 Å². The monoisotopic (exact) mass is 287 g/mol. The molecule has 5 nitrogen and oxygen atoms in total. The summed E-state index contributed by atoms with van der Waals surface area (Å²) in [7, 11) is 0.107. The van der Waals surface area contributed by atoms with Gasteiger partial charge in [0, 0.05) is 32.7 Å². The second-order valence-electron chi connectivity index (χ2n) is 3.06. The van der Waals surface area contributed by atoms with E-state index >= 15 is 0 Å². The van der Waals surface area contributed by atoms with Gasteiger partial charge in [-0.05, 0) is 12.9 Å². The molecule has 0 aromatic rings. The summed E-state index contributed by atoms with van der Waals surface area (Å²) >= 11 is 0. The van der Waals surface area contributed by atoms with Gasteiger partial charge in [0.2, 0.25) is 0 Å². The quantitative estimate of drug-likeness (QED) is 0.536. The number of hydrogen-bond acceptors (Lipinski definition) is 4. The van der Waals surface area contributed by atoms with Gasteiger partial charge in [0.05, 0.1) is 6.61 Å². The van der Waals surface area contributed by atoms with E-state index in [-0.39, 0.29) is 51.8 Å². The normalized spacial score (nSPS) is 19.6. The maximum atomic E-state index is 9.15. The van der Waals surface area contributed by atoms with Crippen LogP contribution >= 0.6 is 0 Å². The summed E-state index contributed by atoms with van der Waals surface area (Å²) in [4.78, 5) is 1.88. The summed E-state index contributed by atoms with van der Waals surface area (Å²) in [5.74, 6) is 0. The summed E-state index contributed by atoms with van der Waals surface area (Å²) in [5, 5.41) is 18.0. The van der Waals surface area contributed by atoms with Crippen LogP contribution in [-0.4, -0.2) is 54.8 Å². The van der Waals surface area contributed by atoms with Gasteiger partial charge in [-0.25, -0.2) is 0 Å². The second kappa shape index (κ2) is 11.4. The molecule has 1 aliphatic rings. The first kappa shape index (κ1) is 18.2. The van der Waals surface area contributed by atoms with Gasteiger partial charge < -0.3 is 21.4 Å². The van der Waals surface area contributed by atoms with Crippen LogP contribution in [-0.2, 0) is 37.4 Å². The van der Waals surface area contributed by atoms with E-state index in [1.165, 1.54) is 0 Å². The number of aliphatic hydroxyl groups is 1. The molecule has 1 rings (SSSR count). The molecule has 1 atom stereocenters. The standard InChI is InChI=1S/C6H13BNO2.CH3BNO.Y/c1-7(10)8-4-2-3-6(8)5-9;3-1-2-4;/h2,6,9-10H,3-5H2,1H3;3H,1H2;/q2*-1;. The minimum absolute atomic E-state index is 0. The van der Waals surface area contributed by atoms with Crippen molar-refractivity contribution in [3.63, 3.8) is 0 Å². The Labute approximate surface area is 117 Å². The van der Waals surface area contributed by atoms with Gasteiger partial charge in [-0.2, -0.15) is 6.42 Å². The van der Waals surface area contributed by atoms with Gasteiger partial charge in [-0.15, -0.1) is 6.54 Å². The molecule has 8 heteroatoms. The number of nitrogens with zero attached hydrogens (tertiary/aromatic N) is 1. The fraction of sp³-hybridized carbons (Fsp3) is 0.857. The molecule has 1 aliphatic heterocycles. The molecule has 0 bridgehead atoms. The van der Waals surface area contributed by atoms with E-state index in [1.54, 1.807) is 6.82 Å². The fourth-order valence-electron chi connectivity index (χ4n) is 1.34. The Morgan fingerprint density at radius 1 is 1.73 bits per heavy atom. The van der Waals surface area contributed by atoms with Gasteiger partial charge >= 0.3 is 31.1 Å². The van der Waals surface area contributed by atoms with Crippen molar-refractivity contribution in [3.8, 4) is 0 Å². The van der Waals surface area contributed by atoms with Crippen molar-refractivity contribution in [1.82, 2.24) is 4.81 Å². The van der Waals surface area contributed by atoms with Crippen LogP contribution in [0.1, 0.15) is 6.42 Å². The molecule has 1 saturated heterocycles. The van der Waals surface area contributed by atoms with Crippen LogP contribution in [0.4, 0.5) is 0 Å². The van der Waals surface area contributed by atoms with E-state index in [9.17, 15) is 0 Å². The molecule has 83 valence electrons. The number of hydrogen-bond donors (Lipinski definition) is 2. The van der Waals surface area contributed by atoms with Crippen LogP contribution in [0.2, 0.25) is 6.82 Å². The third kappa shape index (κ3) is 7.72. The molecule has 0 aromatic carbocycles. The first-order valence-corrected chi connectivity index (χ1v) is 4.61. The Morgan fingerprint density at radius 3 is 2.53 bits per heavy atom. The molecule has 0 amide bonds. The topological polar surface area (TPSA) is 84.6 Å². The zero-order valence-electron chi connectivity index (χ0n) is 8.97. The molecule has 0 spiro atoms. The molecule has 0 saturated carbocycles. The average molecular weight is 287 g/mol. The molecule has 1 fully saturated rings. The van der Waals surface area contributed by atoms with Crippen molar-refractivity contribution in [2.24, 2.45) is 0 Å². The summed E-state index contributed by atoms with van der Waals surface area (Å²) in [6, 6.07) is 0.139. The third-order valence-corrected chi connectivity index (χ3v) is 2.02. The summed E-state index contributed by atoms with van der Waals surface area (Å²) < 4.78 is 8.99. The van der Waals surface area contributed by atoms with Crippen LogP contribution in [0.15, 0.2) is 0 Å². The molecule has 0 aliphatic carbocycles. The minimum atomic E-state index is -0.434. The smallest absolute Gasteiger partial charge is 0 e. The van der Waals surface area contributed by atoms with E-state index in [0.29, 0.717) is 7.15 Å². The van der Waals surface area contributed by atoms with Crippen LogP contribution in [0.25, 0.3) is 5.73 Å². The minimum Gasteiger partial charge on any atom is 0 e. The molecule has 1 heterocycles. The zero-order valence-corrected chi connectivity index (χ0v) is 11.8. The van der Waals surface area contributed by atoms with Crippen LogP contribution < -0.4 is 0 Å². The molecule has 0 aromatic heterocycles. The van der Waals surface area contributed by atoms with Gasteiger partial charge in [-0.1, -0.05) is 0 Å². The van der Waals surface area contributed by atoms with E-state index < -0.39 is 7.05 Å². The predicted molar refractivity (Wildman–Crippen MR) is 56.0 cm³/mol. The first-order chi connectivity index (χ1) is 6.67. The van der Waals surface area contributed by atoms with Crippen LogP contribution in [0.3, 0.4) is 0 Å². The molecule has 1 unspecified atom stereocenters. The van der Waals surface area contributed by atoms with Gasteiger partial charge in [0.25, 0.3) is 0 Å². The Balaban J connectivity index is 0. The SMILES string of the molecule is CB(O)N1C[CH-]CC1CO.[NH-]CB=O.[Y]. The van der Waals surface area contributed by atoms with Crippen molar-refractivity contribution in [3.05, 3.63) is 12.2 Å². The predicted octanol–water partition coefficient (Wildman–Crippen LogP) is -0.589. The molecular weight excluding hydrogens is 271 g/mol. The maximum Gasteiger partial charge on any atom is 0 e. The number of rotatable bonds is 3. The van der Waals surface area contributed by atoms with E-state index in [4.69, 9.17) is 20.6 Å². The molecule has 3 N–H and O–H groups in total. The third-order valence-electron chi connectivity index (χ3n) is 2.02. The van der Waals surface area contributed by atoms with Gasteiger partial charge in [0.15, 0.2) is 0 Å². The Morgan fingerprint density at radius 2 is 2.27 bits per heavy atom. The summed E-state index contributed by atoms with van der Waals surface area (Å²) in [6.45, 7) is 2.66. The Bertz CT molecular complexity index is 165. The van der Waals surface area contributed by atoms with E-state index in [0.717, 1.165) is 13.0 Å². The molecule has 1 radical (unpaired) electrons. The first-order valence-electron chi connectivity index (χ1n) is 4.61. The summed E-state index contributed by atoms with van der Waals surface area (Å²) in [5.41, 5.74) is 6.08. The Hall–Kier alpha value is 0.874. The van der Waals surface area contributed by atoms with E-state index in [2.05, 4.69) is 6.42 Å². The number of nitrogens with one attached hydrogen (secondary N) is 1. The van der Waals surface area contributed by atoms with Crippen LogP contribution in [0.5, 0.6) is 0 Å². The molecular formula is C7H16B2N2O3Y-2. The van der Waals surface area contributed by atoms with Gasteiger partial charge in [-0.3, -0.25) is 0 Å². The summed E-state index contributed by atoms with van der Waals surface area (Å²) in [6.07, 6.45) is 2.86. The van der Waals surface area contributed by atoms with Gasteiger partial charge in [0.1, 0.15) is 0 Å². The zero-order chi connectivity index (χ0) is 11.0. The van der Waals surface area contributed by atoms with Crippen molar-refractivity contribution >= 4 is 14.2 Å². The van der Waals surface area contributed by atoms with Crippen molar-refractivity contribution in [2.75, 3.05) is 19.6 Å². The average Bonchev–Trinajstić information content (AvgIpc) is 2.66. The fourth-order valence-corrected chi connectivity index (χ4v) is 1.34. The largest absolute Gasteiger partial charge is 0 e. The Kier molecular flexibility index (Phi) is 13.8. The van der Waals surface area contributed by atoms with Crippen molar-refractivity contribution < 1.29 is 47.5 Å². The maximum absolute atomic E-state index is 9.15. The number of aliphatic hydroxyl groups excluding tert-OH is 1. The van der Waals surface area contributed by atoms with Crippen molar-refractivity contribution in [1.29, 1.82) is 0 Å². The second-order valence-corrected chi connectivity index (χ2v) is 3.06. The van der Waals surface area contributed by atoms with Crippen molar-refractivity contribution in [2.45, 2.75) is 19.3 Å². The molecule has 15 heavy (non-hydrogen) atoms.